The molecule has 30 heavy (non-hydrogen) atoms. The molecule has 0 aromatic heterocycles. The Bertz CT molecular complexity index is 1070. The van der Waals surface area contributed by atoms with Gasteiger partial charge in [-0.3, -0.25) is 19.3 Å². The molecular weight excluding hydrogens is 444 g/mol. The molecule has 6 heteroatoms. The number of nitrogens with zero attached hydrogens (tertiary/aromatic N) is 1. The summed E-state index contributed by atoms with van der Waals surface area (Å²) in [6.45, 7) is 0. The summed E-state index contributed by atoms with van der Waals surface area (Å²) in [6.07, 6.45) is 5.49. The number of hydrogen-bond acceptors (Lipinski definition) is 3. The molecule has 2 saturated carbocycles. The lowest BCUT2D eigenvalue weighted by Crippen LogP contribution is -2.40. The summed E-state index contributed by atoms with van der Waals surface area (Å²) in [5.41, 5.74) is 1.72. The van der Waals surface area contributed by atoms with Crippen LogP contribution in [0.4, 0.5) is 11.4 Å². The van der Waals surface area contributed by atoms with Gasteiger partial charge in [0.15, 0.2) is 0 Å². The third kappa shape index (κ3) is 2.56. The number of halogens is 1. The van der Waals surface area contributed by atoms with Crippen LogP contribution in [0.2, 0.25) is 0 Å². The van der Waals surface area contributed by atoms with Gasteiger partial charge < -0.3 is 5.32 Å². The largest absolute Gasteiger partial charge is 0.322 e. The second-order valence-corrected chi connectivity index (χ2v) is 9.59. The fraction of sp³-hybridized carbons (Fsp3) is 0.292. The molecule has 4 aliphatic carbocycles. The molecule has 2 bridgehead atoms. The van der Waals surface area contributed by atoms with Crippen LogP contribution < -0.4 is 10.2 Å². The maximum absolute atomic E-state index is 13.2. The Labute approximate surface area is 182 Å². The molecule has 6 unspecified atom stereocenters. The van der Waals surface area contributed by atoms with E-state index in [1.54, 1.807) is 24.3 Å². The Kier molecular flexibility index (Phi) is 3.84. The van der Waals surface area contributed by atoms with Crippen LogP contribution in [0.5, 0.6) is 0 Å². The van der Waals surface area contributed by atoms with Gasteiger partial charge in [-0.15, -0.1) is 0 Å². The van der Waals surface area contributed by atoms with Crippen LogP contribution >= 0.6 is 15.9 Å². The highest BCUT2D eigenvalue weighted by Gasteiger charge is 2.67. The van der Waals surface area contributed by atoms with Gasteiger partial charge in [0, 0.05) is 15.7 Å². The number of amides is 3. The van der Waals surface area contributed by atoms with Crippen molar-refractivity contribution >= 4 is 45.0 Å². The monoisotopic (exact) mass is 462 g/mol. The van der Waals surface area contributed by atoms with Crippen LogP contribution in [0, 0.1) is 35.5 Å². The highest BCUT2D eigenvalue weighted by molar-refractivity contribution is 9.10. The number of carbonyl (C=O) groups excluding carboxylic acids is 3. The lowest BCUT2D eigenvalue weighted by Gasteiger charge is -2.37. The summed E-state index contributed by atoms with van der Waals surface area (Å²) in [5.74, 6) is 0.769. The molecule has 1 heterocycles. The summed E-state index contributed by atoms with van der Waals surface area (Å²) >= 11 is 3.37. The summed E-state index contributed by atoms with van der Waals surface area (Å²) in [6, 6.07) is 14.1. The van der Waals surface area contributed by atoms with Gasteiger partial charge in [-0.2, -0.15) is 0 Å². The Hall–Kier alpha value is -2.73. The third-order valence-electron chi connectivity index (χ3n) is 7.15. The average molecular weight is 463 g/mol. The van der Waals surface area contributed by atoms with Crippen molar-refractivity contribution in [2.24, 2.45) is 35.5 Å². The number of hydrogen-bond donors (Lipinski definition) is 1. The zero-order valence-electron chi connectivity index (χ0n) is 16.0. The first kappa shape index (κ1) is 18.1. The molecule has 6 atom stereocenters. The number of rotatable bonds is 3. The highest BCUT2D eigenvalue weighted by Crippen LogP contribution is 2.65. The highest BCUT2D eigenvalue weighted by atomic mass is 79.9. The molecule has 0 radical (unpaired) electrons. The second-order valence-electron chi connectivity index (χ2n) is 8.67. The third-order valence-corrected chi connectivity index (χ3v) is 7.68. The predicted molar refractivity (Wildman–Crippen MR) is 116 cm³/mol. The van der Waals surface area contributed by atoms with E-state index in [1.165, 1.54) is 4.90 Å². The number of anilines is 2. The molecule has 5 aliphatic rings. The zero-order valence-corrected chi connectivity index (χ0v) is 17.6. The maximum atomic E-state index is 13.2. The Balaban J connectivity index is 1.23. The molecule has 1 saturated heterocycles. The van der Waals surface area contributed by atoms with E-state index < -0.39 is 0 Å². The number of nitrogens with one attached hydrogen (secondary N) is 1. The Morgan fingerprint density at radius 3 is 2.00 bits per heavy atom. The van der Waals surface area contributed by atoms with Gasteiger partial charge in [0.05, 0.1) is 17.5 Å². The van der Waals surface area contributed by atoms with Crippen molar-refractivity contribution in [3.8, 4) is 0 Å². The molecular formula is C24H19BrN2O3. The first-order valence-electron chi connectivity index (χ1n) is 10.3. The van der Waals surface area contributed by atoms with Crippen LogP contribution in [0.3, 0.4) is 0 Å². The Morgan fingerprint density at radius 2 is 1.43 bits per heavy atom. The van der Waals surface area contributed by atoms with Crippen molar-refractivity contribution in [1.82, 2.24) is 0 Å². The van der Waals surface area contributed by atoms with Crippen molar-refractivity contribution in [2.45, 2.75) is 6.42 Å². The lowest BCUT2D eigenvalue weighted by atomic mass is 9.63. The topological polar surface area (TPSA) is 66.5 Å². The number of benzene rings is 2. The quantitative estimate of drug-likeness (QED) is 0.547. The summed E-state index contributed by atoms with van der Waals surface area (Å²) in [4.78, 5) is 40.2. The first-order valence-corrected chi connectivity index (χ1v) is 11.1. The lowest BCUT2D eigenvalue weighted by molar-refractivity contribution is -0.124. The van der Waals surface area contributed by atoms with Crippen LogP contribution in [0.25, 0.3) is 0 Å². The van der Waals surface area contributed by atoms with Crippen molar-refractivity contribution in [2.75, 3.05) is 10.2 Å². The molecule has 1 N–H and O–H groups in total. The predicted octanol–water partition coefficient (Wildman–Crippen LogP) is 4.26. The summed E-state index contributed by atoms with van der Waals surface area (Å²) < 4.78 is 0.936. The van der Waals surface area contributed by atoms with Crippen molar-refractivity contribution in [1.29, 1.82) is 0 Å². The van der Waals surface area contributed by atoms with Crippen LogP contribution in [-0.2, 0) is 9.59 Å². The Morgan fingerprint density at radius 1 is 0.867 bits per heavy atom. The van der Waals surface area contributed by atoms with Crippen molar-refractivity contribution in [3.63, 3.8) is 0 Å². The molecule has 150 valence electrons. The minimum Gasteiger partial charge on any atom is -0.322 e. The van der Waals surface area contributed by atoms with E-state index in [0.29, 0.717) is 28.8 Å². The van der Waals surface area contributed by atoms with E-state index in [1.807, 2.05) is 24.3 Å². The van der Waals surface area contributed by atoms with Gasteiger partial charge in [-0.25, -0.2) is 0 Å². The molecule has 3 amide bonds. The van der Waals surface area contributed by atoms with E-state index >= 15 is 0 Å². The van der Waals surface area contributed by atoms with Crippen molar-refractivity contribution < 1.29 is 14.4 Å². The van der Waals surface area contributed by atoms with E-state index in [0.717, 1.165) is 10.9 Å². The normalized spacial score (nSPS) is 32.8. The van der Waals surface area contributed by atoms with Crippen LogP contribution in [-0.4, -0.2) is 17.7 Å². The van der Waals surface area contributed by atoms with Crippen molar-refractivity contribution in [3.05, 3.63) is 70.7 Å². The standard InChI is InChI=1S/C24H19BrN2O3/c25-13-3-5-14(6-4-13)26-22(28)12-1-7-15(8-2-12)27-23(29)20-16-9-10-17(19-11-18(16)19)21(20)24(27)30/h1-10,16-21H,11H2,(H,26,28). The fourth-order valence-electron chi connectivity index (χ4n) is 5.71. The van der Waals surface area contributed by atoms with Crippen LogP contribution in [0.15, 0.2) is 65.2 Å². The molecule has 5 nitrogen and oxygen atoms in total. The smallest absolute Gasteiger partial charge is 0.255 e. The van der Waals surface area contributed by atoms with Gasteiger partial charge in [-0.05, 0) is 78.6 Å². The maximum Gasteiger partial charge on any atom is 0.255 e. The van der Waals surface area contributed by atoms with Crippen LogP contribution in [0.1, 0.15) is 16.8 Å². The number of allylic oxidation sites excluding steroid dienone is 2. The SMILES string of the molecule is O=C(Nc1ccc(Br)cc1)c1ccc(N2C(=O)C3C4C=CC(C5CC45)C3C2=O)cc1. The molecule has 1 aliphatic heterocycles. The minimum absolute atomic E-state index is 0.0817. The van der Waals surface area contributed by atoms with E-state index in [2.05, 4.69) is 33.4 Å². The van der Waals surface area contributed by atoms with Gasteiger partial charge in [-0.1, -0.05) is 28.1 Å². The molecule has 2 aromatic rings. The molecule has 7 rings (SSSR count). The zero-order chi connectivity index (χ0) is 20.6. The van der Waals surface area contributed by atoms with Gasteiger partial charge >= 0.3 is 0 Å². The first-order chi connectivity index (χ1) is 14.5. The van der Waals surface area contributed by atoms with E-state index in [9.17, 15) is 14.4 Å². The molecule has 0 spiro atoms. The minimum atomic E-state index is -0.237. The van der Waals surface area contributed by atoms with Gasteiger partial charge in [0.25, 0.3) is 5.91 Å². The average Bonchev–Trinajstić information content (AvgIpc) is 3.53. The number of imide groups is 1. The number of carbonyl (C=O) groups is 3. The van der Waals surface area contributed by atoms with E-state index in [4.69, 9.17) is 0 Å². The summed E-state index contributed by atoms with van der Waals surface area (Å²) in [7, 11) is 0. The van der Waals surface area contributed by atoms with Gasteiger partial charge in [0.1, 0.15) is 0 Å². The molecule has 2 aromatic carbocycles. The van der Waals surface area contributed by atoms with E-state index in [-0.39, 0.29) is 41.4 Å². The summed E-state index contributed by atoms with van der Waals surface area (Å²) in [5, 5.41) is 2.85. The fourth-order valence-corrected chi connectivity index (χ4v) is 5.97. The second kappa shape index (κ2) is 6.38. The van der Waals surface area contributed by atoms with Gasteiger partial charge in [0.2, 0.25) is 11.8 Å². The molecule has 3 fully saturated rings.